The van der Waals surface area contributed by atoms with Crippen molar-refractivity contribution in [3.8, 4) is 11.3 Å². The van der Waals surface area contributed by atoms with Crippen molar-refractivity contribution >= 4 is 11.6 Å². The molecule has 1 heterocycles. The molecule has 1 atom stereocenters. The summed E-state index contributed by atoms with van der Waals surface area (Å²) in [4.78, 5) is 21.5. The molecule has 6 nitrogen and oxygen atoms in total. The number of nitrogens with one attached hydrogen (secondary N) is 2. The Labute approximate surface area is 163 Å². The average molecular weight is 374 g/mol. The van der Waals surface area contributed by atoms with Crippen molar-refractivity contribution in [1.29, 1.82) is 0 Å². The fourth-order valence-electron chi connectivity index (χ4n) is 2.92. The van der Waals surface area contributed by atoms with Crippen molar-refractivity contribution in [3.63, 3.8) is 0 Å². The third-order valence-corrected chi connectivity index (χ3v) is 4.70. The number of benzene rings is 2. The summed E-state index contributed by atoms with van der Waals surface area (Å²) >= 11 is 0. The molecule has 0 spiro atoms. The van der Waals surface area contributed by atoms with E-state index in [1.54, 1.807) is 13.1 Å². The van der Waals surface area contributed by atoms with Crippen LogP contribution in [0.4, 0.5) is 5.69 Å². The molecule has 1 saturated carbocycles. The van der Waals surface area contributed by atoms with E-state index in [1.165, 1.54) is 0 Å². The third-order valence-electron chi connectivity index (χ3n) is 4.70. The lowest BCUT2D eigenvalue weighted by atomic mass is 10.1. The monoisotopic (exact) mass is 374 g/mol. The van der Waals surface area contributed by atoms with Gasteiger partial charge in [-0.25, -0.2) is 4.98 Å². The number of aliphatic hydroxyl groups is 1. The summed E-state index contributed by atoms with van der Waals surface area (Å²) in [5.74, 6) is -0.293. The fraction of sp³-hybridized carbons (Fsp3) is 0.227. The van der Waals surface area contributed by atoms with E-state index in [4.69, 9.17) is 0 Å². The van der Waals surface area contributed by atoms with E-state index in [-0.39, 0.29) is 5.91 Å². The van der Waals surface area contributed by atoms with E-state index in [9.17, 15) is 9.90 Å². The molecule has 2 aromatic carbocycles. The molecule has 6 heteroatoms. The summed E-state index contributed by atoms with van der Waals surface area (Å²) in [6, 6.07) is 17.2. The second-order valence-corrected chi connectivity index (χ2v) is 6.97. The molecule has 4 rings (SSSR count). The molecule has 28 heavy (non-hydrogen) atoms. The van der Waals surface area contributed by atoms with Crippen molar-refractivity contribution in [2.24, 2.45) is 0 Å². The zero-order chi connectivity index (χ0) is 19.5. The minimum atomic E-state index is -0.669. The van der Waals surface area contributed by atoms with Crippen molar-refractivity contribution in [2.45, 2.75) is 32.0 Å². The molecule has 0 aliphatic heterocycles. The van der Waals surface area contributed by atoms with Gasteiger partial charge in [0.05, 0.1) is 17.6 Å². The summed E-state index contributed by atoms with van der Waals surface area (Å²) < 4.78 is 0. The number of aliphatic hydroxyl groups excluding tert-OH is 1. The standard InChI is InChI=1S/C22H22N4O2/c1-14-20(22(28)25-17-5-3-2-4-6-17)26-19(13-23-14)15-7-9-16(10-8-15)21(27)24-18-11-12-18/h2-10,13,18,21,24,27H,11-12H2,1H3,(H,25,28). The zero-order valence-corrected chi connectivity index (χ0v) is 15.6. The molecule has 1 amide bonds. The second kappa shape index (κ2) is 7.88. The minimum Gasteiger partial charge on any atom is -0.374 e. The molecule has 1 aromatic heterocycles. The first-order chi connectivity index (χ1) is 13.6. The molecule has 0 bridgehead atoms. The van der Waals surface area contributed by atoms with Gasteiger partial charge in [-0.05, 0) is 37.5 Å². The zero-order valence-electron chi connectivity index (χ0n) is 15.6. The molecular formula is C22H22N4O2. The van der Waals surface area contributed by atoms with Gasteiger partial charge in [0, 0.05) is 17.3 Å². The number of carbonyl (C=O) groups is 1. The first-order valence-electron chi connectivity index (χ1n) is 9.34. The van der Waals surface area contributed by atoms with E-state index in [0.717, 1.165) is 24.0 Å². The Morgan fingerprint density at radius 3 is 2.50 bits per heavy atom. The van der Waals surface area contributed by atoms with E-state index in [2.05, 4.69) is 20.6 Å². The molecular weight excluding hydrogens is 352 g/mol. The predicted molar refractivity (Wildman–Crippen MR) is 108 cm³/mol. The lowest BCUT2D eigenvalue weighted by molar-refractivity contribution is 0.102. The van der Waals surface area contributed by atoms with Gasteiger partial charge in [-0.2, -0.15) is 0 Å². The van der Waals surface area contributed by atoms with E-state index >= 15 is 0 Å². The van der Waals surface area contributed by atoms with Gasteiger partial charge in [0.25, 0.3) is 5.91 Å². The van der Waals surface area contributed by atoms with Crippen LogP contribution in [-0.4, -0.2) is 27.0 Å². The van der Waals surface area contributed by atoms with Gasteiger partial charge in [-0.3, -0.25) is 15.1 Å². The highest BCUT2D eigenvalue weighted by Gasteiger charge is 2.24. The summed E-state index contributed by atoms with van der Waals surface area (Å²) in [6.45, 7) is 1.76. The van der Waals surface area contributed by atoms with E-state index in [0.29, 0.717) is 28.8 Å². The van der Waals surface area contributed by atoms with E-state index < -0.39 is 6.23 Å². The molecule has 1 aliphatic rings. The minimum absolute atomic E-state index is 0.292. The van der Waals surface area contributed by atoms with Crippen LogP contribution in [0.3, 0.4) is 0 Å². The quantitative estimate of drug-likeness (QED) is 0.575. The van der Waals surface area contributed by atoms with Gasteiger partial charge in [-0.1, -0.05) is 42.5 Å². The van der Waals surface area contributed by atoms with E-state index in [1.807, 2.05) is 54.6 Å². The van der Waals surface area contributed by atoms with Crippen LogP contribution in [0.25, 0.3) is 11.3 Å². The summed E-state index contributed by atoms with van der Waals surface area (Å²) in [6.07, 6.45) is 3.21. The van der Waals surface area contributed by atoms with Crippen LogP contribution in [-0.2, 0) is 0 Å². The summed E-state index contributed by atoms with van der Waals surface area (Å²) in [5, 5.41) is 16.2. The number of rotatable bonds is 6. The van der Waals surface area contributed by atoms with Gasteiger partial charge in [0.2, 0.25) is 0 Å². The smallest absolute Gasteiger partial charge is 0.276 e. The molecule has 1 aliphatic carbocycles. The Bertz CT molecular complexity index is 970. The summed E-state index contributed by atoms with van der Waals surface area (Å²) in [7, 11) is 0. The lowest BCUT2D eigenvalue weighted by Gasteiger charge is -2.13. The van der Waals surface area contributed by atoms with Crippen LogP contribution in [0.1, 0.15) is 40.8 Å². The Hall–Kier alpha value is -3.09. The maximum Gasteiger partial charge on any atom is 0.276 e. The normalized spacial score (nSPS) is 14.5. The number of nitrogens with zero attached hydrogens (tertiary/aromatic N) is 2. The Balaban J connectivity index is 1.53. The number of hydrogen-bond donors (Lipinski definition) is 3. The van der Waals surface area contributed by atoms with Gasteiger partial charge < -0.3 is 10.4 Å². The van der Waals surface area contributed by atoms with Crippen LogP contribution in [0, 0.1) is 6.92 Å². The summed E-state index contributed by atoms with van der Waals surface area (Å²) in [5.41, 5.74) is 3.82. The Morgan fingerprint density at radius 2 is 1.82 bits per heavy atom. The van der Waals surface area contributed by atoms with Gasteiger partial charge >= 0.3 is 0 Å². The maximum absolute atomic E-state index is 12.6. The number of hydrogen-bond acceptors (Lipinski definition) is 5. The van der Waals surface area contributed by atoms with Crippen molar-refractivity contribution < 1.29 is 9.90 Å². The number of carbonyl (C=O) groups excluding carboxylic acids is 1. The van der Waals surface area contributed by atoms with Gasteiger partial charge in [0.1, 0.15) is 11.9 Å². The van der Waals surface area contributed by atoms with Crippen LogP contribution in [0.15, 0.2) is 60.8 Å². The molecule has 3 aromatic rings. The predicted octanol–water partition coefficient (Wildman–Crippen LogP) is 3.45. The maximum atomic E-state index is 12.6. The third kappa shape index (κ3) is 4.24. The molecule has 3 N–H and O–H groups in total. The van der Waals surface area contributed by atoms with Crippen molar-refractivity contribution in [1.82, 2.24) is 15.3 Å². The fourth-order valence-corrected chi connectivity index (χ4v) is 2.92. The highest BCUT2D eigenvalue weighted by molar-refractivity contribution is 6.03. The van der Waals surface area contributed by atoms with Gasteiger partial charge in [-0.15, -0.1) is 0 Å². The second-order valence-electron chi connectivity index (χ2n) is 6.97. The van der Waals surface area contributed by atoms with Crippen LogP contribution in [0.5, 0.6) is 0 Å². The first-order valence-corrected chi connectivity index (χ1v) is 9.34. The number of aryl methyl sites for hydroxylation is 1. The Kier molecular flexibility index (Phi) is 5.14. The van der Waals surface area contributed by atoms with Crippen LogP contribution in [0.2, 0.25) is 0 Å². The van der Waals surface area contributed by atoms with Crippen molar-refractivity contribution in [3.05, 3.63) is 77.7 Å². The lowest BCUT2D eigenvalue weighted by Crippen LogP contribution is -2.22. The molecule has 1 unspecified atom stereocenters. The first kappa shape index (κ1) is 18.3. The number of anilines is 1. The number of amides is 1. The number of aromatic nitrogens is 2. The SMILES string of the molecule is Cc1ncc(-c2ccc(C(O)NC3CC3)cc2)nc1C(=O)Nc1ccccc1. The molecule has 1 fully saturated rings. The number of para-hydroxylation sites is 1. The Morgan fingerprint density at radius 1 is 1.11 bits per heavy atom. The average Bonchev–Trinajstić information content (AvgIpc) is 3.53. The topological polar surface area (TPSA) is 87.1 Å². The highest BCUT2D eigenvalue weighted by atomic mass is 16.3. The molecule has 0 radical (unpaired) electrons. The van der Waals surface area contributed by atoms with Crippen LogP contribution >= 0.6 is 0 Å². The molecule has 0 saturated heterocycles. The molecule has 142 valence electrons. The van der Waals surface area contributed by atoms with Gasteiger partial charge in [0.15, 0.2) is 0 Å². The van der Waals surface area contributed by atoms with Crippen molar-refractivity contribution in [2.75, 3.05) is 5.32 Å². The highest BCUT2D eigenvalue weighted by Crippen LogP contribution is 2.25. The largest absolute Gasteiger partial charge is 0.374 e. The van der Waals surface area contributed by atoms with Crippen LogP contribution < -0.4 is 10.6 Å².